The number of halogens is 1. The first-order valence-electron chi connectivity index (χ1n) is 11.4. The Morgan fingerprint density at radius 2 is 1.50 bits per heavy atom. The number of fused-ring (bicyclic) bond motifs is 1. The van der Waals surface area contributed by atoms with Gasteiger partial charge in [0.15, 0.2) is 16.6 Å². The molecule has 2 N–H and O–H groups in total. The van der Waals surface area contributed by atoms with Crippen LogP contribution in [0.15, 0.2) is 66.7 Å². The number of rotatable bonds is 4. The average Bonchev–Trinajstić information content (AvgIpc) is 3.37. The number of hydrogen-bond acceptors (Lipinski definition) is 6. The van der Waals surface area contributed by atoms with E-state index in [9.17, 15) is 9.59 Å². The molecule has 0 radical (unpaired) electrons. The molecule has 1 fully saturated rings. The van der Waals surface area contributed by atoms with E-state index in [2.05, 4.69) is 15.5 Å². The molecular weight excluding hydrogens is 500 g/mol. The molecule has 0 spiro atoms. The molecule has 10 heteroatoms. The quantitative estimate of drug-likeness (QED) is 0.498. The van der Waals surface area contributed by atoms with Crippen molar-refractivity contribution in [1.29, 1.82) is 0 Å². The van der Waals surface area contributed by atoms with Gasteiger partial charge in [0.05, 0.1) is 0 Å². The van der Waals surface area contributed by atoms with E-state index < -0.39 is 0 Å². The second-order valence-electron chi connectivity index (χ2n) is 8.31. The van der Waals surface area contributed by atoms with Gasteiger partial charge in [-0.05, 0) is 78.9 Å². The Hall–Kier alpha value is -3.82. The zero-order valence-electron chi connectivity index (χ0n) is 19.2. The van der Waals surface area contributed by atoms with Crippen LogP contribution in [0.4, 0.5) is 11.4 Å². The van der Waals surface area contributed by atoms with Gasteiger partial charge in [0.1, 0.15) is 0 Å². The molecular formula is C26H23ClN4O4S. The fraction of sp³-hybridized carbons (Fsp3) is 0.192. The second-order valence-corrected chi connectivity index (χ2v) is 9.15. The number of carbonyl (C=O) groups is 2. The van der Waals surface area contributed by atoms with Crippen LogP contribution in [-0.2, 0) is 0 Å². The molecule has 184 valence electrons. The monoisotopic (exact) mass is 522 g/mol. The van der Waals surface area contributed by atoms with E-state index >= 15 is 0 Å². The number of anilines is 2. The summed E-state index contributed by atoms with van der Waals surface area (Å²) in [6.07, 6.45) is 0. The maximum Gasteiger partial charge on any atom is 0.257 e. The second kappa shape index (κ2) is 10.4. The maximum absolute atomic E-state index is 12.7. The SMILES string of the molecule is O=C(NC(=S)Nc1ccc(N2CCN(C(=O)c3ccc(Cl)cc3)CC2)cc1)c1ccc2c(c1)OCO2. The number of amides is 2. The lowest BCUT2D eigenvalue weighted by molar-refractivity contribution is 0.0746. The molecule has 5 rings (SSSR count). The molecule has 2 heterocycles. The van der Waals surface area contributed by atoms with E-state index in [1.54, 1.807) is 42.5 Å². The first kappa shape index (κ1) is 23.9. The highest BCUT2D eigenvalue weighted by Gasteiger charge is 2.22. The van der Waals surface area contributed by atoms with Crippen LogP contribution in [0.1, 0.15) is 20.7 Å². The van der Waals surface area contributed by atoms with E-state index in [0.717, 1.165) is 24.5 Å². The molecule has 2 aliphatic rings. The van der Waals surface area contributed by atoms with Gasteiger partial charge in [0.2, 0.25) is 6.79 Å². The van der Waals surface area contributed by atoms with E-state index in [0.29, 0.717) is 40.7 Å². The Bertz CT molecular complexity index is 1290. The van der Waals surface area contributed by atoms with Gasteiger partial charge < -0.3 is 24.6 Å². The topological polar surface area (TPSA) is 83.1 Å². The third kappa shape index (κ3) is 5.37. The molecule has 3 aromatic rings. The van der Waals surface area contributed by atoms with Crippen LogP contribution in [0.25, 0.3) is 0 Å². The summed E-state index contributed by atoms with van der Waals surface area (Å²) in [5, 5.41) is 6.51. The highest BCUT2D eigenvalue weighted by molar-refractivity contribution is 7.80. The highest BCUT2D eigenvalue weighted by Crippen LogP contribution is 2.32. The number of nitrogens with one attached hydrogen (secondary N) is 2. The summed E-state index contributed by atoms with van der Waals surface area (Å²) in [6.45, 7) is 2.88. The molecule has 0 atom stereocenters. The van der Waals surface area contributed by atoms with Crippen molar-refractivity contribution < 1.29 is 19.1 Å². The van der Waals surface area contributed by atoms with Crippen LogP contribution in [0.2, 0.25) is 5.02 Å². The molecule has 0 bridgehead atoms. The van der Waals surface area contributed by atoms with Crippen LogP contribution in [0.3, 0.4) is 0 Å². The third-order valence-corrected chi connectivity index (χ3v) is 6.47. The van der Waals surface area contributed by atoms with Gasteiger partial charge in [-0.3, -0.25) is 14.9 Å². The predicted octanol–water partition coefficient (Wildman–Crippen LogP) is 4.16. The first-order valence-corrected chi connectivity index (χ1v) is 12.2. The Labute approximate surface area is 218 Å². The first-order chi connectivity index (χ1) is 17.5. The molecule has 2 aliphatic heterocycles. The highest BCUT2D eigenvalue weighted by atomic mass is 35.5. The molecule has 2 amide bonds. The van der Waals surface area contributed by atoms with Crippen LogP contribution < -0.4 is 25.0 Å². The van der Waals surface area contributed by atoms with Gasteiger partial charge in [-0.25, -0.2) is 0 Å². The zero-order chi connectivity index (χ0) is 25.1. The Morgan fingerprint density at radius 1 is 0.833 bits per heavy atom. The van der Waals surface area contributed by atoms with Crippen molar-refractivity contribution in [1.82, 2.24) is 10.2 Å². The van der Waals surface area contributed by atoms with Gasteiger partial charge in [0, 0.05) is 53.7 Å². The van der Waals surface area contributed by atoms with Gasteiger partial charge in [-0.15, -0.1) is 0 Å². The minimum absolute atomic E-state index is 0.0159. The fourth-order valence-corrected chi connectivity index (χ4v) is 4.41. The number of thiocarbonyl (C=S) groups is 1. The lowest BCUT2D eigenvalue weighted by Gasteiger charge is -2.36. The Balaban J connectivity index is 1.12. The molecule has 0 aliphatic carbocycles. The van der Waals surface area contributed by atoms with Crippen molar-refractivity contribution in [2.45, 2.75) is 0 Å². The molecule has 8 nitrogen and oxygen atoms in total. The molecule has 0 saturated carbocycles. The van der Waals surface area contributed by atoms with E-state index in [1.807, 2.05) is 29.2 Å². The van der Waals surface area contributed by atoms with Crippen molar-refractivity contribution in [3.63, 3.8) is 0 Å². The molecule has 0 aromatic heterocycles. The summed E-state index contributed by atoms with van der Waals surface area (Å²) in [6, 6.07) is 19.7. The van der Waals surface area contributed by atoms with Gasteiger partial charge in [-0.2, -0.15) is 0 Å². The lowest BCUT2D eigenvalue weighted by Crippen LogP contribution is -2.48. The van der Waals surface area contributed by atoms with Crippen LogP contribution in [0, 0.1) is 0 Å². The largest absolute Gasteiger partial charge is 0.454 e. The van der Waals surface area contributed by atoms with E-state index in [1.165, 1.54) is 0 Å². The van der Waals surface area contributed by atoms with Crippen molar-refractivity contribution in [3.05, 3.63) is 82.9 Å². The summed E-state index contributed by atoms with van der Waals surface area (Å²) in [7, 11) is 0. The predicted molar refractivity (Wildman–Crippen MR) is 142 cm³/mol. The smallest absolute Gasteiger partial charge is 0.257 e. The molecule has 0 unspecified atom stereocenters. The summed E-state index contributed by atoms with van der Waals surface area (Å²) in [5.41, 5.74) is 2.87. The average molecular weight is 523 g/mol. The number of ether oxygens (including phenoxy) is 2. The number of carbonyl (C=O) groups excluding carboxylic acids is 2. The van der Waals surface area contributed by atoms with Crippen molar-refractivity contribution >= 4 is 52.1 Å². The zero-order valence-corrected chi connectivity index (χ0v) is 20.8. The summed E-state index contributed by atoms with van der Waals surface area (Å²) < 4.78 is 10.6. The van der Waals surface area contributed by atoms with Crippen molar-refractivity contribution in [3.8, 4) is 11.5 Å². The van der Waals surface area contributed by atoms with Crippen LogP contribution in [0.5, 0.6) is 11.5 Å². The van der Waals surface area contributed by atoms with Crippen LogP contribution >= 0.6 is 23.8 Å². The Kier molecular flexibility index (Phi) is 6.92. The minimum Gasteiger partial charge on any atom is -0.454 e. The number of benzene rings is 3. The van der Waals surface area contributed by atoms with E-state index in [-0.39, 0.29) is 23.7 Å². The third-order valence-electron chi connectivity index (χ3n) is 6.01. The number of hydrogen-bond donors (Lipinski definition) is 2. The van der Waals surface area contributed by atoms with Crippen molar-refractivity contribution in [2.24, 2.45) is 0 Å². The van der Waals surface area contributed by atoms with Gasteiger partial charge in [0.25, 0.3) is 11.8 Å². The fourth-order valence-electron chi connectivity index (χ4n) is 4.07. The molecule has 1 saturated heterocycles. The summed E-state index contributed by atoms with van der Waals surface area (Å²) in [5.74, 6) is 0.824. The van der Waals surface area contributed by atoms with E-state index in [4.69, 9.17) is 33.3 Å². The van der Waals surface area contributed by atoms with Crippen LogP contribution in [-0.4, -0.2) is 54.8 Å². The summed E-state index contributed by atoms with van der Waals surface area (Å²) in [4.78, 5) is 29.3. The van der Waals surface area contributed by atoms with Gasteiger partial charge in [-0.1, -0.05) is 11.6 Å². The number of piperazine rings is 1. The standard InChI is InChI=1S/C26H23ClN4O4S/c27-19-4-1-17(2-5-19)25(33)31-13-11-30(12-14-31)21-8-6-20(7-9-21)28-26(36)29-24(32)18-3-10-22-23(15-18)35-16-34-22/h1-10,15H,11-14,16H2,(H2,28,29,32,36). The summed E-state index contributed by atoms with van der Waals surface area (Å²) >= 11 is 11.2. The maximum atomic E-state index is 12.7. The van der Waals surface area contributed by atoms with Gasteiger partial charge >= 0.3 is 0 Å². The molecule has 36 heavy (non-hydrogen) atoms. The minimum atomic E-state index is -0.339. The lowest BCUT2D eigenvalue weighted by atomic mass is 10.1. The Morgan fingerprint density at radius 3 is 2.22 bits per heavy atom. The number of nitrogens with zero attached hydrogens (tertiary/aromatic N) is 2. The van der Waals surface area contributed by atoms with Crippen molar-refractivity contribution in [2.75, 3.05) is 43.2 Å². The molecule has 3 aromatic carbocycles. The normalized spacial score (nSPS) is 14.4.